The molecule has 0 saturated heterocycles. The average Bonchev–Trinajstić information content (AvgIpc) is 2.81. The second-order valence-corrected chi connectivity index (χ2v) is 8.28. The molecule has 0 aromatic carbocycles. The third-order valence-corrected chi connectivity index (χ3v) is 5.25. The van der Waals surface area contributed by atoms with Crippen molar-refractivity contribution in [2.75, 3.05) is 73.0 Å². The summed E-state index contributed by atoms with van der Waals surface area (Å²) in [5.41, 5.74) is 10.8. The van der Waals surface area contributed by atoms with Crippen LogP contribution in [0.1, 0.15) is 39.0 Å². The molecular weight excluding hydrogens is 440 g/mol. The maximum absolute atomic E-state index is 12.3. The maximum Gasteiger partial charge on any atom is 0.242 e. The van der Waals surface area contributed by atoms with E-state index in [1.165, 1.54) is 0 Å². The van der Waals surface area contributed by atoms with Gasteiger partial charge in [-0.25, -0.2) is 0 Å². The molecule has 0 spiro atoms. The molecule has 0 radical (unpaired) electrons. The van der Waals surface area contributed by atoms with Gasteiger partial charge >= 0.3 is 0 Å². The maximum atomic E-state index is 12.3. The van der Waals surface area contributed by atoms with Gasteiger partial charge in [-0.1, -0.05) is 6.92 Å². The van der Waals surface area contributed by atoms with Gasteiger partial charge in [0.1, 0.15) is 6.04 Å². The fraction of sp³-hybridized carbons (Fsp3) is 0.818. The minimum Gasteiger partial charge on any atom is -0.355 e. The zero-order chi connectivity index (χ0) is 25.8. The molecule has 1 atom stereocenters. The largest absolute Gasteiger partial charge is 0.355 e. The molecule has 0 heterocycles. The summed E-state index contributed by atoms with van der Waals surface area (Å²) in [7, 11) is 4.09. The molecule has 4 amide bonds. The van der Waals surface area contributed by atoms with Crippen molar-refractivity contribution in [3.8, 4) is 0 Å². The number of carbonyl (C=O) groups is 4. The first-order valence-electron chi connectivity index (χ1n) is 12.1. The van der Waals surface area contributed by atoms with Crippen molar-refractivity contribution in [3.05, 3.63) is 0 Å². The Bertz CT molecular complexity index is 605. The number of nitrogens with two attached hydrogens (primary N) is 2. The first-order valence-corrected chi connectivity index (χ1v) is 12.1. The normalized spacial score (nSPS) is 11.9. The van der Waals surface area contributed by atoms with Crippen molar-refractivity contribution in [2.45, 2.75) is 45.1 Å². The zero-order valence-electron chi connectivity index (χ0n) is 21.2. The second kappa shape index (κ2) is 20.1. The Balaban J connectivity index is 4.29. The van der Waals surface area contributed by atoms with Crippen LogP contribution in [0.4, 0.5) is 0 Å². The molecule has 12 heteroatoms. The van der Waals surface area contributed by atoms with Crippen molar-refractivity contribution in [1.82, 2.24) is 31.1 Å². The third kappa shape index (κ3) is 17.2. The van der Waals surface area contributed by atoms with Crippen LogP contribution in [0.2, 0.25) is 0 Å². The van der Waals surface area contributed by atoms with Gasteiger partial charge in [0, 0.05) is 71.6 Å². The monoisotopic (exact) mass is 486 g/mol. The number of rotatable bonds is 20. The van der Waals surface area contributed by atoms with Gasteiger partial charge in [0.25, 0.3) is 0 Å². The van der Waals surface area contributed by atoms with Crippen molar-refractivity contribution in [2.24, 2.45) is 11.5 Å². The highest BCUT2D eigenvalue weighted by Gasteiger charge is 2.21. The number of amides is 4. The summed E-state index contributed by atoms with van der Waals surface area (Å²) < 4.78 is 0. The first-order chi connectivity index (χ1) is 16.2. The van der Waals surface area contributed by atoms with Gasteiger partial charge in [0.2, 0.25) is 23.6 Å². The van der Waals surface area contributed by atoms with Crippen LogP contribution in [0.25, 0.3) is 0 Å². The SMILES string of the molecule is CCN(C)CCN(C)CCNC(=O)CCCC(=O)N[C@@H](CCC(=O)NCCN)C(=O)NCCN. The number of nitrogens with one attached hydrogen (secondary N) is 4. The van der Waals surface area contributed by atoms with E-state index >= 15 is 0 Å². The molecule has 0 bridgehead atoms. The highest BCUT2D eigenvalue weighted by molar-refractivity contribution is 5.88. The van der Waals surface area contributed by atoms with Crippen molar-refractivity contribution in [1.29, 1.82) is 0 Å². The Morgan fingerprint density at radius 2 is 1.29 bits per heavy atom. The lowest BCUT2D eigenvalue weighted by Crippen LogP contribution is -2.48. The van der Waals surface area contributed by atoms with E-state index in [0.29, 0.717) is 26.1 Å². The Labute approximate surface area is 203 Å². The van der Waals surface area contributed by atoms with Crippen LogP contribution in [-0.2, 0) is 19.2 Å². The van der Waals surface area contributed by atoms with Crippen LogP contribution >= 0.6 is 0 Å². The van der Waals surface area contributed by atoms with Crippen LogP contribution < -0.4 is 32.7 Å². The molecule has 0 unspecified atom stereocenters. The van der Waals surface area contributed by atoms with E-state index in [2.05, 4.69) is 45.0 Å². The minimum absolute atomic E-state index is 0.0760. The Kier molecular flexibility index (Phi) is 18.8. The standard InChI is InChI=1S/C22H46N8O4/c1-4-29(2)16-17-30(3)15-14-26-19(31)6-5-7-21(33)28-18(22(34)27-13-11-24)8-9-20(32)25-12-10-23/h18H,4-17,23-24H2,1-3H3,(H,25,32)(H,26,31)(H,27,34)(H,28,33)/t18-/m0/s1. The summed E-state index contributed by atoms with van der Waals surface area (Å²) in [5.74, 6) is -1.09. The molecule has 0 fully saturated rings. The number of carbonyl (C=O) groups excluding carboxylic acids is 4. The molecule has 0 aromatic rings. The summed E-state index contributed by atoms with van der Waals surface area (Å²) in [6.07, 6.45) is 0.925. The van der Waals surface area contributed by atoms with E-state index < -0.39 is 11.9 Å². The van der Waals surface area contributed by atoms with Gasteiger partial charge in [-0.2, -0.15) is 0 Å². The van der Waals surface area contributed by atoms with E-state index in [4.69, 9.17) is 11.5 Å². The smallest absolute Gasteiger partial charge is 0.242 e. The average molecular weight is 487 g/mol. The number of hydrogen-bond donors (Lipinski definition) is 6. The molecular formula is C22H46N8O4. The number of nitrogens with zero attached hydrogens (tertiary/aromatic N) is 2. The Morgan fingerprint density at radius 3 is 1.94 bits per heavy atom. The van der Waals surface area contributed by atoms with E-state index in [-0.39, 0.29) is 56.5 Å². The minimum atomic E-state index is -0.848. The summed E-state index contributed by atoms with van der Waals surface area (Å²) in [6, 6.07) is -0.848. The second-order valence-electron chi connectivity index (χ2n) is 8.28. The van der Waals surface area contributed by atoms with Crippen LogP contribution in [-0.4, -0.2) is 112 Å². The molecule has 0 rings (SSSR count). The van der Waals surface area contributed by atoms with E-state index in [1.807, 2.05) is 7.05 Å². The van der Waals surface area contributed by atoms with Gasteiger partial charge in [-0.3, -0.25) is 19.2 Å². The van der Waals surface area contributed by atoms with Gasteiger partial charge in [0.05, 0.1) is 0 Å². The summed E-state index contributed by atoms with van der Waals surface area (Å²) in [4.78, 5) is 52.8. The van der Waals surface area contributed by atoms with Crippen LogP contribution in [0.5, 0.6) is 0 Å². The summed E-state index contributed by atoms with van der Waals surface area (Å²) in [5, 5.41) is 10.8. The predicted octanol–water partition coefficient (Wildman–Crippen LogP) is -2.43. The van der Waals surface area contributed by atoms with Crippen LogP contribution in [0, 0.1) is 0 Å². The molecule has 0 aliphatic heterocycles. The molecule has 0 aliphatic rings. The number of hydrogen-bond acceptors (Lipinski definition) is 8. The van der Waals surface area contributed by atoms with E-state index in [1.54, 1.807) is 0 Å². The highest BCUT2D eigenvalue weighted by Crippen LogP contribution is 2.02. The topological polar surface area (TPSA) is 175 Å². The highest BCUT2D eigenvalue weighted by atomic mass is 16.2. The first kappa shape index (κ1) is 31.7. The predicted molar refractivity (Wildman–Crippen MR) is 133 cm³/mol. The molecule has 12 nitrogen and oxygen atoms in total. The van der Waals surface area contributed by atoms with Crippen molar-refractivity contribution < 1.29 is 19.2 Å². The lowest BCUT2D eigenvalue weighted by molar-refractivity contribution is -0.130. The Morgan fingerprint density at radius 1 is 0.735 bits per heavy atom. The van der Waals surface area contributed by atoms with Crippen molar-refractivity contribution >= 4 is 23.6 Å². The van der Waals surface area contributed by atoms with Gasteiger partial charge in [-0.05, 0) is 33.5 Å². The molecule has 198 valence electrons. The van der Waals surface area contributed by atoms with Gasteiger partial charge < -0.3 is 42.5 Å². The molecule has 0 aromatic heterocycles. The lowest BCUT2D eigenvalue weighted by Gasteiger charge is -2.21. The third-order valence-electron chi connectivity index (χ3n) is 5.25. The quantitative estimate of drug-likeness (QED) is 0.110. The van der Waals surface area contributed by atoms with E-state index in [0.717, 1.165) is 26.2 Å². The Hall–Kier alpha value is -2.28. The molecule has 8 N–H and O–H groups in total. The molecule has 0 saturated carbocycles. The fourth-order valence-corrected chi connectivity index (χ4v) is 2.92. The zero-order valence-corrected chi connectivity index (χ0v) is 21.2. The lowest BCUT2D eigenvalue weighted by atomic mass is 10.1. The summed E-state index contributed by atoms with van der Waals surface area (Å²) in [6.45, 7) is 7.53. The van der Waals surface area contributed by atoms with Crippen LogP contribution in [0.15, 0.2) is 0 Å². The van der Waals surface area contributed by atoms with Crippen LogP contribution in [0.3, 0.4) is 0 Å². The number of likely N-dealkylation sites (N-methyl/N-ethyl adjacent to an activating group) is 2. The molecule has 0 aliphatic carbocycles. The van der Waals surface area contributed by atoms with Crippen molar-refractivity contribution in [3.63, 3.8) is 0 Å². The van der Waals surface area contributed by atoms with E-state index in [9.17, 15) is 19.2 Å². The summed E-state index contributed by atoms with van der Waals surface area (Å²) >= 11 is 0. The fourth-order valence-electron chi connectivity index (χ4n) is 2.92. The van der Waals surface area contributed by atoms with Gasteiger partial charge in [-0.15, -0.1) is 0 Å². The molecule has 34 heavy (non-hydrogen) atoms. The van der Waals surface area contributed by atoms with Gasteiger partial charge in [0.15, 0.2) is 0 Å².